The number of thiophene rings is 1. The van der Waals surface area contributed by atoms with Gasteiger partial charge in [-0.1, -0.05) is 0 Å². The number of aryl methyl sites for hydroxylation is 1. The Morgan fingerprint density at radius 3 is 2.59 bits per heavy atom. The molecule has 3 aromatic rings. The minimum Gasteiger partial charge on any atom is -0.321 e. The van der Waals surface area contributed by atoms with Crippen molar-refractivity contribution in [2.45, 2.75) is 13.1 Å². The molecular weight excluding hydrogens is 390 g/mol. The van der Waals surface area contributed by atoms with E-state index in [1.54, 1.807) is 6.92 Å². The number of fused-ring (bicyclic) bond motifs is 1. The first kappa shape index (κ1) is 18.7. The minimum absolute atomic E-state index is 0.0195. The van der Waals surface area contributed by atoms with Gasteiger partial charge < -0.3 is 5.32 Å². The number of nitrogens with zero attached hydrogens (tertiary/aromatic N) is 2. The number of hydrogen-bond acceptors (Lipinski definition) is 5. The first-order chi connectivity index (χ1) is 12.6. The smallest absolute Gasteiger partial charge is 0.321 e. The van der Waals surface area contributed by atoms with E-state index in [1.165, 1.54) is 6.07 Å². The summed E-state index contributed by atoms with van der Waals surface area (Å²) in [4.78, 5) is 26.0. The summed E-state index contributed by atoms with van der Waals surface area (Å²) in [6.45, 7) is 1.55. The molecule has 1 N–H and O–H groups in total. The second-order valence-electron chi connectivity index (χ2n) is 5.48. The molecule has 0 aliphatic heterocycles. The van der Waals surface area contributed by atoms with Crippen LogP contribution in [0.25, 0.3) is 10.2 Å². The molecule has 0 fully saturated rings. The first-order valence-corrected chi connectivity index (χ1v) is 8.12. The van der Waals surface area contributed by atoms with Crippen molar-refractivity contribution in [2.75, 3.05) is 5.32 Å². The van der Waals surface area contributed by atoms with Crippen LogP contribution in [0.15, 0.2) is 30.3 Å². The third-order valence-corrected chi connectivity index (χ3v) is 4.90. The first-order valence-electron chi connectivity index (χ1n) is 7.30. The van der Waals surface area contributed by atoms with E-state index >= 15 is 0 Å². The number of halogens is 4. The SMILES string of the molecule is Cc1c(C(=O)Nc2ccc(F)c([N+](=O)[O-])c2)sc2nc(C(F)(F)F)ccc12. The van der Waals surface area contributed by atoms with Gasteiger partial charge in [0.1, 0.15) is 10.5 Å². The molecule has 0 aliphatic carbocycles. The van der Waals surface area contributed by atoms with Crippen LogP contribution in [0, 0.1) is 22.9 Å². The Kier molecular flexibility index (Phi) is 4.56. The molecule has 2 heterocycles. The number of benzene rings is 1. The fourth-order valence-electron chi connectivity index (χ4n) is 2.39. The van der Waals surface area contributed by atoms with Gasteiger partial charge in [0.2, 0.25) is 5.82 Å². The molecule has 27 heavy (non-hydrogen) atoms. The lowest BCUT2D eigenvalue weighted by atomic mass is 10.1. The number of carbonyl (C=O) groups excluding carboxylic acids is 1. The van der Waals surface area contributed by atoms with E-state index in [1.807, 2.05) is 0 Å². The second kappa shape index (κ2) is 6.58. The van der Waals surface area contributed by atoms with E-state index in [9.17, 15) is 32.5 Å². The van der Waals surface area contributed by atoms with Crippen molar-refractivity contribution in [2.24, 2.45) is 0 Å². The van der Waals surface area contributed by atoms with Crippen LogP contribution in [0.2, 0.25) is 0 Å². The van der Waals surface area contributed by atoms with Gasteiger partial charge >= 0.3 is 11.9 Å². The molecule has 0 spiro atoms. The molecular formula is C16H9F4N3O3S. The maximum absolute atomic E-state index is 13.4. The van der Waals surface area contributed by atoms with Gasteiger partial charge in [-0.15, -0.1) is 11.3 Å². The van der Waals surface area contributed by atoms with Gasteiger partial charge in [0.25, 0.3) is 5.91 Å². The van der Waals surface area contributed by atoms with Gasteiger partial charge in [0.15, 0.2) is 0 Å². The zero-order valence-corrected chi connectivity index (χ0v) is 14.2. The maximum atomic E-state index is 13.4. The highest BCUT2D eigenvalue weighted by molar-refractivity contribution is 7.20. The molecule has 0 atom stereocenters. The quantitative estimate of drug-likeness (QED) is 0.385. The van der Waals surface area contributed by atoms with E-state index in [4.69, 9.17) is 0 Å². The number of aromatic nitrogens is 1. The lowest BCUT2D eigenvalue weighted by Crippen LogP contribution is -2.11. The molecule has 0 radical (unpaired) electrons. The zero-order valence-electron chi connectivity index (χ0n) is 13.4. The van der Waals surface area contributed by atoms with Crippen molar-refractivity contribution in [3.8, 4) is 0 Å². The van der Waals surface area contributed by atoms with Crippen molar-refractivity contribution < 1.29 is 27.3 Å². The molecule has 3 rings (SSSR count). The fraction of sp³-hybridized carbons (Fsp3) is 0.125. The Morgan fingerprint density at radius 1 is 1.26 bits per heavy atom. The zero-order chi connectivity index (χ0) is 19.9. The van der Waals surface area contributed by atoms with Gasteiger partial charge in [-0.05, 0) is 36.8 Å². The number of pyridine rings is 1. The van der Waals surface area contributed by atoms with Crippen LogP contribution < -0.4 is 5.32 Å². The van der Waals surface area contributed by atoms with Crippen molar-refractivity contribution in [3.05, 3.63) is 62.4 Å². The Hall–Kier alpha value is -3.08. The van der Waals surface area contributed by atoms with Crippen LogP contribution in [-0.2, 0) is 6.18 Å². The Labute approximate surface area is 152 Å². The van der Waals surface area contributed by atoms with Crippen LogP contribution in [-0.4, -0.2) is 15.8 Å². The van der Waals surface area contributed by atoms with Gasteiger partial charge in [-0.2, -0.15) is 17.6 Å². The van der Waals surface area contributed by atoms with Crippen molar-refractivity contribution >= 4 is 38.8 Å². The normalized spacial score (nSPS) is 11.6. The fourth-order valence-corrected chi connectivity index (χ4v) is 3.47. The summed E-state index contributed by atoms with van der Waals surface area (Å²) in [5.41, 5.74) is -1.48. The average Bonchev–Trinajstić information content (AvgIpc) is 2.92. The lowest BCUT2D eigenvalue weighted by Gasteiger charge is -2.05. The number of nitro groups is 1. The van der Waals surface area contributed by atoms with E-state index in [2.05, 4.69) is 10.3 Å². The van der Waals surface area contributed by atoms with E-state index < -0.39 is 34.2 Å². The number of anilines is 1. The summed E-state index contributed by atoms with van der Waals surface area (Å²) in [6, 6.07) is 4.89. The van der Waals surface area contributed by atoms with E-state index in [0.29, 0.717) is 10.9 Å². The topological polar surface area (TPSA) is 85.1 Å². The number of rotatable bonds is 3. The molecule has 1 amide bonds. The molecule has 0 unspecified atom stereocenters. The third-order valence-electron chi connectivity index (χ3n) is 3.70. The summed E-state index contributed by atoms with van der Waals surface area (Å²) in [7, 11) is 0. The Morgan fingerprint density at radius 2 is 1.96 bits per heavy atom. The number of nitrogens with one attached hydrogen (secondary N) is 1. The number of hydrogen-bond donors (Lipinski definition) is 1. The number of alkyl halides is 3. The van der Waals surface area contributed by atoms with Crippen LogP contribution in [0.5, 0.6) is 0 Å². The summed E-state index contributed by atoms with van der Waals surface area (Å²) >= 11 is 0.764. The lowest BCUT2D eigenvalue weighted by molar-refractivity contribution is -0.387. The van der Waals surface area contributed by atoms with Crippen molar-refractivity contribution in [1.82, 2.24) is 4.98 Å². The summed E-state index contributed by atoms with van der Waals surface area (Å²) in [5, 5.41) is 13.5. The monoisotopic (exact) mass is 399 g/mol. The third kappa shape index (κ3) is 3.58. The van der Waals surface area contributed by atoms with E-state index in [-0.39, 0.29) is 15.4 Å². The highest BCUT2D eigenvalue weighted by Gasteiger charge is 2.33. The molecule has 0 bridgehead atoms. The molecule has 0 aliphatic rings. The molecule has 0 saturated carbocycles. The van der Waals surface area contributed by atoms with Crippen molar-refractivity contribution in [3.63, 3.8) is 0 Å². The van der Waals surface area contributed by atoms with Gasteiger partial charge in [-0.3, -0.25) is 14.9 Å². The predicted octanol–water partition coefficient (Wildman–Crippen LogP) is 4.92. The summed E-state index contributed by atoms with van der Waals surface area (Å²) in [5.74, 6) is -1.75. The molecule has 140 valence electrons. The number of amides is 1. The standard InChI is InChI=1S/C16H9F4N3O3S/c1-7-9-3-5-12(16(18,19)20)22-15(9)27-13(7)14(24)21-8-2-4-10(17)11(6-8)23(25)26/h2-6H,1H3,(H,21,24). The van der Waals surface area contributed by atoms with Crippen LogP contribution in [0.4, 0.5) is 28.9 Å². The summed E-state index contributed by atoms with van der Waals surface area (Å²) in [6.07, 6.45) is -4.61. The van der Waals surface area contributed by atoms with E-state index in [0.717, 1.165) is 35.6 Å². The highest BCUT2D eigenvalue weighted by atomic mass is 32.1. The van der Waals surface area contributed by atoms with Crippen LogP contribution in [0.1, 0.15) is 20.9 Å². The highest BCUT2D eigenvalue weighted by Crippen LogP contribution is 2.34. The van der Waals surface area contributed by atoms with Gasteiger partial charge in [0.05, 0.1) is 9.80 Å². The average molecular weight is 399 g/mol. The van der Waals surface area contributed by atoms with Crippen LogP contribution >= 0.6 is 11.3 Å². The molecule has 1 aromatic carbocycles. The molecule has 11 heteroatoms. The number of carbonyl (C=O) groups is 1. The molecule has 6 nitrogen and oxygen atoms in total. The largest absolute Gasteiger partial charge is 0.433 e. The van der Waals surface area contributed by atoms with Crippen LogP contribution in [0.3, 0.4) is 0 Å². The summed E-state index contributed by atoms with van der Waals surface area (Å²) < 4.78 is 51.7. The second-order valence-corrected chi connectivity index (χ2v) is 6.48. The minimum atomic E-state index is -4.61. The van der Waals surface area contributed by atoms with Gasteiger partial charge in [-0.25, -0.2) is 4.98 Å². The molecule has 2 aromatic heterocycles. The Balaban J connectivity index is 1.95. The van der Waals surface area contributed by atoms with Crippen molar-refractivity contribution in [1.29, 1.82) is 0 Å². The maximum Gasteiger partial charge on any atom is 0.433 e. The predicted molar refractivity (Wildman–Crippen MR) is 90.4 cm³/mol. The Bertz CT molecular complexity index is 1080. The van der Waals surface area contributed by atoms with Gasteiger partial charge in [0, 0.05) is 17.1 Å². The molecule has 0 saturated heterocycles. The number of nitro benzene ring substituents is 1.